The number of likely N-dealkylation sites (N-methyl/N-ethyl adjacent to an activating group) is 2. The number of nitrogens with zero attached hydrogens (tertiary/aromatic N) is 1. The van der Waals surface area contributed by atoms with Crippen LogP contribution in [0.3, 0.4) is 0 Å². The van der Waals surface area contributed by atoms with Gasteiger partial charge in [-0.3, -0.25) is 0 Å². The van der Waals surface area contributed by atoms with Gasteiger partial charge in [0, 0.05) is 11.6 Å². The summed E-state index contributed by atoms with van der Waals surface area (Å²) in [6.45, 7) is 8.11. The summed E-state index contributed by atoms with van der Waals surface area (Å²) in [6, 6.07) is 0.655. The van der Waals surface area contributed by atoms with E-state index in [4.69, 9.17) is 0 Å². The molecule has 1 rings (SSSR count). The lowest BCUT2D eigenvalue weighted by atomic mass is 9.77. The summed E-state index contributed by atoms with van der Waals surface area (Å²) in [7, 11) is 4.61. The van der Waals surface area contributed by atoms with Crippen LogP contribution in [0.5, 0.6) is 0 Å². The molecule has 0 aromatic rings. The van der Waals surface area contributed by atoms with Gasteiger partial charge in [-0.2, -0.15) is 0 Å². The quantitative estimate of drug-likeness (QED) is 0.662. The van der Waals surface area contributed by atoms with Gasteiger partial charge in [0.25, 0.3) is 0 Å². The van der Waals surface area contributed by atoms with Gasteiger partial charge >= 0.3 is 0 Å². The lowest BCUT2D eigenvalue weighted by molar-refractivity contribution is 0.0695. The van der Waals surface area contributed by atoms with Gasteiger partial charge in [-0.15, -0.1) is 0 Å². The highest BCUT2D eigenvalue weighted by Crippen LogP contribution is 2.36. The second kappa shape index (κ2) is 9.04. The average molecular weight is 283 g/mol. The number of nitrogens with one attached hydrogen (secondary N) is 1. The Morgan fingerprint density at radius 2 is 1.65 bits per heavy atom. The third-order valence-corrected chi connectivity index (χ3v) is 5.38. The Morgan fingerprint density at radius 1 is 1.05 bits per heavy atom. The molecule has 1 aliphatic rings. The van der Waals surface area contributed by atoms with E-state index in [0.717, 1.165) is 12.5 Å². The highest BCUT2D eigenvalue weighted by atomic mass is 15.2. The molecule has 1 N–H and O–H groups in total. The Hall–Kier alpha value is -0.0800. The molecule has 0 aliphatic heterocycles. The van der Waals surface area contributed by atoms with Crippen LogP contribution < -0.4 is 5.32 Å². The highest BCUT2D eigenvalue weighted by molar-refractivity contribution is 5.00. The van der Waals surface area contributed by atoms with Crippen LogP contribution in [0.15, 0.2) is 0 Å². The summed E-state index contributed by atoms with van der Waals surface area (Å²) in [4.78, 5) is 2.55. The van der Waals surface area contributed by atoms with E-state index < -0.39 is 0 Å². The van der Waals surface area contributed by atoms with Crippen molar-refractivity contribution in [2.45, 2.75) is 90.1 Å². The molecular weight excluding hydrogens is 244 g/mol. The zero-order valence-electron chi connectivity index (χ0n) is 14.7. The van der Waals surface area contributed by atoms with Crippen LogP contribution >= 0.6 is 0 Å². The smallest absolute Gasteiger partial charge is 0.0356 e. The number of hydrogen-bond donors (Lipinski definition) is 1. The zero-order valence-corrected chi connectivity index (χ0v) is 14.7. The summed E-state index contributed by atoms with van der Waals surface area (Å²) in [5, 5.41) is 3.85. The van der Waals surface area contributed by atoms with E-state index in [0.29, 0.717) is 11.6 Å². The molecule has 20 heavy (non-hydrogen) atoms. The average Bonchev–Trinajstić information content (AvgIpc) is 2.65. The third-order valence-electron chi connectivity index (χ3n) is 5.38. The summed E-state index contributed by atoms with van der Waals surface area (Å²) >= 11 is 0. The van der Waals surface area contributed by atoms with Crippen molar-refractivity contribution in [2.24, 2.45) is 5.92 Å². The van der Waals surface area contributed by atoms with Crippen molar-refractivity contribution in [3.8, 4) is 0 Å². The first-order valence-electron chi connectivity index (χ1n) is 8.97. The van der Waals surface area contributed by atoms with Crippen LogP contribution in [0, 0.1) is 5.92 Å². The van der Waals surface area contributed by atoms with Crippen molar-refractivity contribution < 1.29 is 0 Å². The number of rotatable bonds is 8. The Labute approximate surface area is 127 Å². The molecule has 0 spiro atoms. The van der Waals surface area contributed by atoms with Gasteiger partial charge in [-0.05, 0) is 45.8 Å². The van der Waals surface area contributed by atoms with Crippen molar-refractivity contribution in [2.75, 3.05) is 20.6 Å². The van der Waals surface area contributed by atoms with Gasteiger partial charge < -0.3 is 10.2 Å². The minimum atomic E-state index is 0.383. The molecule has 0 amide bonds. The SMILES string of the molecule is CCCC(C)CC(NCC)C1(N(C)C)CCCCCC1. The Kier molecular flexibility index (Phi) is 8.13. The summed E-state index contributed by atoms with van der Waals surface area (Å²) < 4.78 is 0. The third kappa shape index (κ3) is 4.73. The van der Waals surface area contributed by atoms with E-state index in [1.165, 1.54) is 57.8 Å². The molecule has 1 saturated carbocycles. The van der Waals surface area contributed by atoms with E-state index in [2.05, 4.69) is 45.1 Å². The van der Waals surface area contributed by atoms with Gasteiger partial charge in [-0.25, -0.2) is 0 Å². The van der Waals surface area contributed by atoms with Gasteiger partial charge in [0.15, 0.2) is 0 Å². The molecule has 120 valence electrons. The molecule has 0 saturated heterocycles. The summed E-state index contributed by atoms with van der Waals surface area (Å²) in [5.74, 6) is 0.837. The lowest BCUT2D eigenvalue weighted by Crippen LogP contribution is -2.59. The fourth-order valence-corrected chi connectivity index (χ4v) is 4.20. The molecule has 1 fully saturated rings. The first-order valence-corrected chi connectivity index (χ1v) is 8.97. The van der Waals surface area contributed by atoms with Crippen LogP contribution in [0.25, 0.3) is 0 Å². The second-order valence-corrected chi connectivity index (χ2v) is 7.15. The second-order valence-electron chi connectivity index (χ2n) is 7.15. The summed E-state index contributed by atoms with van der Waals surface area (Å²) in [6.07, 6.45) is 12.4. The molecule has 2 unspecified atom stereocenters. The predicted octanol–water partition coefficient (Wildman–Crippen LogP) is 4.45. The van der Waals surface area contributed by atoms with Crippen molar-refractivity contribution in [1.82, 2.24) is 10.2 Å². The maximum absolute atomic E-state index is 3.85. The molecule has 0 aromatic carbocycles. The van der Waals surface area contributed by atoms with E-state index in [1.807, 2.05) is 0 Å². The lowest BCUT2D eigenvalue weighted by Gasteiger charge is -2.47. The first kappa shape index (κ1) is 18.0. The maximum Gasteiger partial charge on any atom is 0.0356 e. The van der Waals surface area contributed by atoms with Crippen molar-refractivity contribution >= 4 is 0 Å². The standard InChI is InChI=1S/C18H38N2/c1-6-12-16(3)15-17(19-7-2)18(20(4)5)13-10-8-9-11-14-18/h16-17,19H,6-15H2,1-5H3. The van der Waals surface area contributed by atoms with Crippen molar-refractivity contribution in [1.29, 1.82) is 0 Å². The van der Waals surface area contributed by atoms with E-state index in [9.17, 15) is 0 Å². The molecule has 0 radical (unpaired) electrons. The van der Waals surface area contributed by atoms with Crippen LogP contribution in [0.1, 0.15) is 78.6 Å². The monoisotopic (exact) mass is 282 g/mol. The molecule has 1 aliphatic carbocycles. The minimum Gasteiger partial charge on any atom is -0.312 e. The molecule has 2 atom stereocenters. The largest absolute Gasteiger partial charge is 0.312 e. The Balaban J connectivity index is 2.86. The van der Waals surface area contributed by atoms with E-state index in [-0.39, 0.29) is 0 Å². The maximum atomic E-state index is 3.85. The molecule has 2 nitrogen and oxygen atoms in total. The number of hydrogen-bond acceptors (Lipinski definition) is 2. The van der Waals surface area contributed by atoms with Gasteiger partial charge in [0.2, 0.25) is 0 Å². The van der Waals surface area contributed by atoms with E-state index >= 15 is 0 Å². The molecule has 0 heterocycles. The van der Waals surface area contributed by atoms with Crippen molar-refractivity contribution in [3.05, 3.63) is 0 Å². The van der Waals surface area contributed by atoms with Gasteiger partial charge in [0.05, 0.1) is 0 Å². The molecule has 0 aromatic heterocycles. The van der Waals surface area contributed by atoms with Gasteiger partial charge in [0.1, 0.15) is 0 Å². The van der Waals surface area contributed by atoms with Crippen LogP contribution in [-0.4, -0.2) is 37.1 Å². The topological polar surface area (TPSA) is 15.3 Å². The Bertz CT molecular complexity index is 242. The first-order chi connectivity index (χ1) is 9.56. The van der Waals surface area contributed by atoms with Gasteiger partial charge in [-0.1, -0.05) is 59.3 Å². The molecular formula is C18H38N2. The Morgan fingerprint density at radius 3 is 2.10 bits per heavy atom. The zero-order chi connectivity index (χ0) is 15.0. The van der Waals surface area contributed by atoms with Crippen molar-refractivity contribution in [3.63, 3.8) is 0 Å². The predicted molar refractivity (Wildman–Crippen MR) is 90.3 cm³/mol. The van der Waals surface area contributed by atoms with Crippen LogP contribution in [0.2, 0.25) is 0 Å². The fourth-order valence-electron chi connectivity index (χ4n) is 4.20. The fraction of sp³-hybridized carbons (Fsp3) is 1.00. The molecule has 0 bridgehead atoms. The van der Waals surface area contributed by atoms with Crippen LogP contribution in [-0.2, 0) is 0 Å². The molecule has 2 heteroatoms. The normalized spacial score (nSPS) is 22.5. The van der Waals surface area contributed by atoms with Crippen LogP contribution in [0.4, 0.5) is 0 Å². The van der Waals surface area contributed by atoms with E-state index in [1.54, 1.807) is 0 Å². The minimum absolute atomic E-state index is 0.383. The summed E-state index contributed by atoms with van der Waals surface area (Å²) in [5.41, 5.74) is 0.383. The highest BCUT2D eigenvalue weighted by Gasteiger charge is 2.40.